The molecule has 0 amide bonds. The van der Waals surface area contributed by atoms with Gasteiger partial charge in [0, 0.05) is 19.0 Å². The molecule has 1 saturated carbocycles. The van der Waals surface area contributed by atoms with E-state index >= 15 is 0 Å². The van der Waals surface area contributed by atoms with Crippen molar-refractivity contribution in [2.75, 3.05) is 20.3 Å². The van der Waals surface area contributed by atoms with Gasteiger partial charge in [-0.1, -0.05) is 11.3 Å². The number of hydrogen-bond donors (Lipinski definition) is 1. The standard InChI is InChI=1S/C13H18N2O5S/c1-17-20-9-15-11-14-8-10(21-11)12(16)2-4-13(5-3-12)18-6-7-19-13/h8-9,16H,2-7H2,1H3. The molecule has 1 aliphatic carbocycles. The number of rotatable bonds is 4. The van der Waals surface area contributed by atoms with Gasteiger partial charge in [-0.25, -0.2) is 4.98 Å². The average Bonchev–Trinajstić information content (AvgIpc) is 3.13. The van der Waals surface area contributed by atoms with Crippen molar-refractivity contribution >= 4 is 22.9 Å². The van der Waals surface area contributed by atoms with Crippen LogP contribution in [0.2, 0.25) is 0 Å². The van der Waals surface area contributed by atoms with E-state index in [-0.39, 0.29) is 0 Å². The topological polar surface area (TPSA) is 82.4 Å². The van der Waals surface area contributed by atoms with E-state index < -0.39 is 11.4 Å². The Bertz CT molecular complexity index is 502. The van der Waals surface area contributed by atoms with Gasteiger partial charge in [0.05, 0.1) is 25.2 Å². The molecule has 1 aromatic rings. The molecule has 2 heterocycles. The van der Waals surface area contributed by atoms with E-state index in [4.69, 9.17) is 9.47 Å². The number of ether oxygens (including phenoxy) is 2. The minimum Gasteiger partial charge on any atom is -0.384 e. The summed E-state index contributed by atoms with van der Waals surface area (Å²) >= 11 is 1.34. The Morgan fingerprint density at radius 3 is 2.71 bits per heavy atom. The Hall–Kier alpha value is -1.06. The largest absolute Gasteiger partial charge is 0.384 e. The van der Waals surface area contributed by atoms with Crippen molar-refractivity contribution in [3.8, 4) is 0 Å². The van der Waals surface area contributed by atoms with Gasteiger partial charge in [0.15, 0.2) is 5.79 Å². The maximum atomic E-state index is 10.8. The molecule has 21 heavy (non-hydrogen) atoms. The highest BCUT2D eigenvalue weighted by Gasteiger charge is 2.46. The predicted octanol–water partition coefficient (Wildman–Crippen LogP) is 1.89. The van der Waals surface area contributed by atoms with Crippen molar-refractivity contribution in [3.63, 3.8) is 0 Å². The first-order chi connectivity index (χ1) is 10.2. The zero-order valence-corrected chi connectivity index (χ0v) is 12.6. The summed E-state index contributed by atoms with van der Waals surface area (Å²) in [5, 5.41) is 11.3. The summed E-state index contributed by atoms with van der Waals surface area (Å²) < 4.78 is 11.4. The van der Waals surface area contributed by atoms with Gasteiger partial charge in [0.1, 0.15) is 5.60 Å². The second kappa shape index (κ2) is 5.98. The lowest BCUT2D eigenvalue weighted by molar-refractivity contribution is -0.203. The molecule has 1 N–H and O–H groups in total. The molecule has 0 bridgehead atoms. The SMILES string of the molecule is COOC=Nc1ncc(C2(O)CCC3(CC2)OCCO3)s1. The van der Waals surface area contributed by atoms with E-state index in [1.54, 1.807) is 6.20 Å². The molecule has 1 aromatic heterocycles. The van der Waals surface area contributed by atoms with Crippen molar-refractivity contribution < 1.29 is 24.4 Å². The quantitative estimate of drug-likeness (QED) is 0.395. The van der Waals surface area contributed by atoms with E-state index in [2.05, 4.69) is 19.8 Å². The number of aliphatic imine (C=N–C) groups is 1. The highest BCUT2D eigenvalue weighted by molar-refractivity contribution is 7.15. The lowest BCUT2D eigenvalue weighted by Gasteiger charge is -2.39. The molecule has 0 unspecified atom stereocenters. The van der Waals surface area contributed by atoms with Crippen LogP contribution in [0.15, 0.2) is 11.2 Å². The third-order valence-corrected chi connectivity index (χ3v) is 5.01. The Balaban J connectivity index is 1.66. The molecule has 8 heteroatoms. The van der Waals surface area contributed by atoms with Gasteiger partial charge in [0.2, 0.25) is 11.5 Å². The minimum absolute atomic E-state index is 0.482. The van der Waals surface area contributed by atoms with Crippen LogP contribution >= 0.6 is 11.3 Å². The molecule has 116 valence electrons. The summed E-state index contributed by atoms with van der Waals surface area (Å²) in [5.74, 6) is -0.482. The van der Waals surface area contributed by atoms with E-state index in [1.807, 2.05) is 0 Å². The van der Waals surface area contributed by atoms with Gasteiger partial charge >= 0.3 is 0 Å². The predicted molar refractivity (Wildman–Crippen MR) is 75.4 cm³/mol. The molecule has 2 fully saturated rings. The van der Waals surface area contributed by atoms with Crippen LogP contribution in [0, 0.1) is 0 Å². The van der Waals surface area contributed by atoms with Gasteiger partial charge in [-0.05, 0) is 12.8 Å². The molecule has 2 aliphatic rings. The first-order valence-electron chi connectivity index (χ1n) is 6.84. The summed E-state index contributed by atoms with van der Waals surface area (Å²) in [4.78, 5) is 17.9. The summed E-state index contributed by atoms with van der Waals surface area (Å²) in [7, 11) is 1.40. The first-order valence-corrected chi connectivity index (χ1v) is 7.66. The van der Waals surface area contributed by atoms with Crippen molar-refractivity contribution in [3.05, 3.63) is 11.1 Å². The van der Waals surface area contributed by atoms with Gasteiger partial charge < -0.3 is 19.5 Å². The van der Waals surface area contributed by atoms with E-state index in [1.165, 1.54) is 24.8 Å². The van der Waals surface area contributed by atoms with Gasteiger partial charge in [-0.15, -0.1) is 0 Å². The Morgan fingerprint density at radius 1 is 1.33 bits per heavy atom. The monoisotopic (exact) mass is 314 g/mol. The fourth-order valence-corrected chi connectivity index (χ4v) is 3.62. The van der Waals surface area contributed by atoms with Crippen molar-refractivity contribution in [1.29, 1.82) is 0 Å². The zero-order chi connectivity index (χ0) is 14.8. The minimum atomic E-state index is -0.881. The summed E-state index contributed by atoms with van der Waals surface area (Å²) in [6, 6.07) is 0. The van der Waals surface area contributed by atoms with Gasteiger partial charge in [0.25, 0.3) is 0 Å². The van der Waals surface area contributed by atoms with Gasteiger partial charge in [-0.3, -0.25) is 0 Å². The van der Waals surface area contributed by atoms with Crippen molar-refractivity contribution in [2.45, 2.75) is 37.1 Å². The Morgan fingerprint density at radius 2 is 2.05 bits per heavy atom. The lowest BCUT2D eigenvalue weighted by Crippen LogP contribution is -2.41. The third-order valence-electron chi connectivity index (χ3n) is 3.91. The van der Waals surface area contributed by atoms with Crippen LogP contribution in [0.25, 0.3) is 0 Å². The first kappa shape index (κ1) is 14.9. The van der Waals surface area contributed by atoms with Crippen LogP contribution in [-0.2, 0) is 24.8 Å². The highest BCUT2D eigenvalue weighted by atomic mass is 32.1. The molecular weight excluding hydrogens is 296 g/mol. The van der Waals surface area contributed by atoms with Crippen LogP contribution in [-0.4, -0.2) is 42.6 Å². The number of aliphatic hydroxyl groups is 1. The fourth-order valence-electron chi connectivity index (χ4n) is 2.73. The summed E-state index contributed by atoms with van der Waals surface area (Å²) in [6.45, 7) is 1.27. The molecule has 1 saturated heterocycles. The van der Waals surface area contributed by atoms with Crippen LogP contribution in [0.4, 0.5) is 5.13 Å². The second-order valence-corrected chi connectivity index (χ2v) is 6.15. The molecule has 0 radical (unpaired) electrons. The normalized spacial score (nSPS) is 23.9. The van der Waals surface area contributed by atoms with Gasteiger partial charge in [-0.2, -0.15) is 9.88 Å². The second-order valence-electron chi connectivity index (χ2n) is 5.14. The van der Waals surface area contributed by atoms with E-state index in [0.717, 1.165) is 4.88 Å². The van der Waals surface area contributed by atoms with Crippen LogP contribution < -0.4 is 0 Å². The van der Waals surface area contributed by atoms with E-state index in [9.17, 15) is 5.11 Å². The van der Waals surface area contributed by atoms with Crippen molar-refractivity contribution in [2.24, 2.45) is 4.99 Å². The third kappa shape index (κ3) is 3.09. The summed E-state index contributed by atoms with van der Waals surface area (Å²) in [5.41, 5.74) is -0.881. The number of nitrogens with zero attached hydrogens (tertiary/aromatic N) is 2. The molecular formula is C13H18N2O5S. The smallest absolute Gasteiger partial charge is 0.222 e. The molecule has 7 nitrogen and oxygen atoms in total. The van der Waals surface area contributed by atoms with Crippen LogP contribution in [0.3, 0.4) is 0 Å². The molecule has 0 aromatic carbocycles. The average molecular weight is 314 g/mol. The number of thiazole rings is 1. The summed E-state index contributed by atoms with van der Waals surface area (Å²) in [6.07, 6.45) is 5.39. The maximum Gasteiger partial charge on any atom is 0.222 e. The highest BCUT2D eigenvalue weighted by Crippen LogP contribution is 2.46. The van der Waals surface area contributed by atoms with Crippen LogP contribution in [0.1, 0.15) is 30.6 Å². The molecule has 1 aliphatic heterocycles. The molecule has 3 rings (SSSR count). The Labute approximate surface area is 126 Å². The molecule has 1 spiro atoms. The number of hydrogen-bond acceptors (Lipinski definition) is 8. The zero-order valence-electron chi connectivity index (χ0n) is 11.8. The van der Waals surface area contributed by atoms with Crippen LogP contribution in [0.5, 0.6) is 0 Å². The van der Waals surface area contributed by atoms with E-state index in [0.29, 0.717) is 44.0 Å². The number of aromatic nitrogens is 1. The fraction of sp³-hybridized carbons (Fsp3) is 0.692. The maximum absolute atomic E-state index is 10.8. The molecule has 0 atom stereocenters. The van der Waals surface area contributed by atoms with Crippen molar-refractivity contribution in [1.82, 2.24) is 4.98 Å². The lowest BCUT2D eigenvalue weighted by atomic mass is 9.80. The Kier molecular flexibility index (Phi) is 4.23.